The average Bonchev–Trinajstić information content (AvgIpc) is 2.86. The summed E-state index contributed by atoms with van der Waals surface area (Å²) in [6.07, 6.45) is 8.34. The number of fused-ring (bicyclic) bond motifs is 1. The molecule has 1 aliphatic carbocycles. The first-order valence-electron chi connectivity index (χ1n) is 6.66. The second-order valence-corrected chi connectivity index (χ2v) is 5.35. The fraction of sp³-hybridized carbons (Fsp3) is 0.833. The van der Waals surface area contributed by atoms with Crippen LogP contribution in [0, 0.1) is 0 Å². The van der Waals surface area contributed by atoms with Crippen LogP contribution >= 0.6 is 0 Å². The van der Waals surface area contributed by atoms with Crippen LogP contribution in [0.4, 0.5) is 0 Å². The molecule has 0 saturated heterocycles. The molecule has 1 aromatic heterocycles. The minimum atomic E-state index is 0.232. The third kappa shape index (κ3) is 1.87. The van der Waals surface area contributed by atoms with Crippen LogP contribution < -0.4 is 5.73 Å². The Bertz CT molecular complexity index is 380. The van der Waals surface area contributed by atoms with Gasteiger partial charge in [-0.05, 0) is 12.8 Å². The Hall–Kier alpha value is -0.940. The molecule has 0 bridgehead atoms. The van der Waals surface area contributed by atoms with E-state index in [-0.39, 0.29) is 5.54 Å². The monoisotopic (exact) mass is 235 g/mol. The standard InChI is InChI=1S/C12H21N5/c13-9-12(4-2-1-3-5-12)17-7-6-16-10-14-15-11(16)8-17/h10H,1-9,13H2. The number of nitrogens with zero attached hydrogens (tertiary/aromatic N) is 4. The Labute approximate surface area is 102 Å². The molecule has 1 fully saturated rings. The minimum absolute atomic E-state index is 0.232. The molecular weight excluding hydrogens is 214 g/mol. The lowest BCUT2D eigenvalue weighted by molar-refractivity contribution is 0.0321. The van der Waals surface area contributed by atoms with E-state index >= 15 is 0 Å². The third-order valence-corrected chi connectivity index (χ3v) is 4.47. The second-order valence-electron chi connectivity index (χ2n) is 5.35. The lowest BCUT2D eigenvalue weighted by Crippen LogP contribution is -2.56. The van der Waals surface area contributed by atoms with E-state index in [9.17, 15) is 0 Å². The molecule has 1 saturated carbocycles. The number of hydrogen-bond donors (Lipinski definition) is 1. The van der Waals surface area contributed by atoms with Crippen molar-refractivity contribution in [1.29, 1.82) is 0 Å². The van der Waals surface area contributed by atoms with Gasteiger partial charge in [0.2, 0.25) is 0 Å². The van der Waals surface area contributed by atoms with Gasteiger partial charge < -0.3 is 10.3 Å². The summed E-state index contributed by atoms with van der Waals surface area (Å²) in [6.45, 7) is 3.78. The van der Waals surface area contributed by atoms with Gasteiger partial charge in [0.25, 0.3) is 0 Å². The molecule has 2 N–H and O–H groups in total. The summed E-state index contributed by atoms with van der Waals surface area (Å²) in [4.78, 5) is 2.55. The highest BCUT2D eigenvalue weighted by Crippen LogP contribution is 2.34. The maximum absolute atomic E-state index is 6.08. The summed E-state index contributed by atoms with van der Waals surface area (Å²) >= 11 is 0. The first-order chi connectivity index (χ1) is 8.34. The summed E-state index contributed by atoms with van der Waals surface area (Å²) in [6, 6.07) is 0. The van der Waals surface area contributed by atoms with E-state index in [1.54, 1.807) is 0 Å². The van der Waals surface area contributed by atoms with Gasteiger partial charge >= 0.3 is 0 Å². The quantitative estimate of drug-likeness (QED) is 0.822. The van der Waals surface area contributed by atoms with Crippen molar-refractivity contribution in [2.45, 2.75) is 50.7 Å². The summed E-state index contributed by atoms with van der Waals surface area (Å²) < 4.78 is 2.16. The highest BCUT2D eigenvalue weighted by atomic mass is 15.3. The van der Waals surface area contributed by atoms with Crippen molar-refractivity contribution in [2.75, 3.05) is 13.1 Å². The number of hydrogen-bond acceptors (Lipinski definition) is 4. The van der Waals surface area contributed by atoms with Gasteiger partial charge in [-0.15, -0.1) is 10.2 Å². The topological polar surface area (TPSA) is 60.0 Å². The molecule has 5 nitrogen and oxygen atoms in total. The first-order valence-corrected chi connectivity index (χ1v) is 6.66. The van der Waals surface area contributed by atoms with Crippen molar-refractivity contribution in [3.8, 4) is 0 Å². The Morgan fingerprint density at radius 2 is 2.06 bits per heavy atom. The minimum Gasteiger partial charge on any atom is -0.329 e. The van der Waals surface area contributed by atoms with Gasteiger partial charge in [-0.1, -0.05) is 19.3 Å². The average molecular weight is 235 g/mol. The van der Waals surface area contributed by atoms with Crippen molar-refractivity contribution in [2.24, 2.45) is 5.73 Å². The predicted molar refractivity (Wildman–Crippen MR) is 65.3 cm³/mol. The van der Waals surface area contributed by atoms with Crippen LogP contribution in [0.2, 0.25) is 0 Å². The smallest absolute Gasteiger partial charge is 0.147 e. The van der Waals surface area contributed by atoms with Crippen LogP contribution in [0.15, 0.2) is 6.33 Å². The maximum Gasteiger partial charge on any atom is 0.147 e. The Morgan fingerprint density at radius 3 is 2.82 bits per heavy atom. The molecule has 0 aromatic carbocycles. The van der Waals surface area contributed by atoms with Crippen LogP contribution in [0.25, 0.3) is 0 Å². The summed E-state index contributed by atoms with van der Waals surface area (Å²) in [5, 5.41) is 8.18. The van der Waals surface area contributed by atoms with Crippen molar-refractivity contribution in [3.63, 3.8) is 0 Å². The molecule has 2 heterocycles. The molecule has 17 heavy (non-hydrogen) atoms. The molecule has 2 aliphatic rings. The molecule has 0 amide bonds. The van der Waals surface area contributed by atoms with E-state index in [0.29, 0.717) is 0 Å². The van der Waals surface area contributed by atoms with Crippen LogP contribution in [-0.4, -0.2) is 38.3 Å². The van der Waals surface area contributed by atoms with Gasteiger partial charge in [0.15, 0.2) is 0 Å². The molecular formula is C12H21N5. The Morgan fingerprint density at radius 1 is 1.24 bits per heavy atom. The van der Waals surface area contributed by atoms with Crippen molar-refractivity contribution in [3.05, 3.63) is 12.2 Å². The number of aromatic nitrogens is 3. The lowest BCUT2D eigenvalue weighted by atomic mass is 9.80. The van der Waals surface area contributed by atoms with E-state index in [4.69, 9.17) is 5.73 Å². The summed E-state index contributed by atoms with van der Waals surface area (Å²) in [7, 11) is 0. The molecule has 1 aliphatic heterocycles. The van der Waals surface area contributed by atoms with Crippen LogP contribution in [0.5, 0.6) is 0 Å². The van der Waals surface area contributed by atoms with Gasteiger partial charge in [0.05, 0.1) is 6.54 Å². The van der Waals surface area contributed by atoms with E-state index in [1.165, 1.54) is 32.1 Å². The van der Waals surface area contributed by atoms with E-state index < -0.39 is 0 Å². The van der Waals surface area contributed by atoms with Gasteiger partial charge in [0.1, 0.15) is 12.2 Å². The summed E-state index contributed by atoms with van der Waals surface area (Å²) in [5.41, 5.74) is 6.31. The molecule has 1 aromatic rings. The molecule has 94 valence electrons. The van der Waals surface area contributed by atoms with Crippen molar-refractivity contribution in [1.82, 2.24) is 19.7 Å². The third-order valence-electron chi connectivity index (χ3n) is 4.47. The van der Waals surface area contributed by atoms with Gasteiger partial charge in [-0.3, -0.25) is 4.90 Å². The van der Waals surface area contributed by atoms with Crippen LogP contribution in [0.1, 0.15) is 37.9 Å². The van der Waals surface area contributed by atoms with Gasteiger partial charge in [-0.25, -0.2) is 0 Å². The molecule has 5 heteroatoms. The SMILES string of the molecule is NCC1(N2CCn3cnnc3C2)CCCCC1. The van der Waals surface area contributed by atoms with Crippen molar-refractivity contribution >= 4 is 0 Å². The molecule has 0 unspecified atom stereocenters. The summed E-state index contributed by atoms with van der Waals surface area (Å²) in [5.74, 6) is 1.09. The normalized spacial score (nSPS) is 24.5. The number of nitrogens with two attached hydrogens (primary N) is 1. The second kappa shape index (κ2) is 4.38. The Kier molecular flexibility index (Phi) is 2.88. The maximum atomic E-state index is 6.08. The fourth-order valence-corrected chi connectivity index (χ4v) is 3.33. The number of rotatable bonds is 2. The predicted octanol–water partition coefficient (Wildman–Crippen LogP) is 0.755. The molecule has 0 spiro atoms. The molecule has 3 rings (SSSR count). The van der Waals surface area contributed by atoms with Crippen LogP contribution in [-0.2, 0) is 13.1 Å². The zero-order chi connectivity index (χ0) is 11.7. The van der Waals surface area contributed by atoms with Crippen LogP contribution in [0.3, 0.4) is 0 Å². The Balaban J connectivity index is 1.80. The van der Waals surface area contributed by atoms with Gasteiger partial charge in [-0.2, -0.15) is 0 Å². The van der Waals surface area contributed by atoms with E-state index in [2.05, 4.69) is 19.7 Å². The lowest BCUT2D eigenvalue weighted by Gasteiger charge is -2.47. The molecule has 0 radical (unpaired) electrons. The first kappa shape index (κ1) is 11.2. The van der Waals surface area contributed by atoms with E-state index in [1.807, 2.05) is 6.33 Å². The fourth-order valence-electron chi connectivity index (χ4n) is 3.33. The van der Waals surface area contributed by atoms with Crippen molar-refractivity contribution < 1.29 is 0 Å². The zero-order valence-corrected chi connectivity index (χ0v) is 10.3. The highest BCUT2D eigenvalue weighted by molar-refractivity contribution is 4.99. The molecule has 0 atom stereocenters. The highest BCUT2D eigenvalue weighted by Gasteiger charge is 2.38. The zero-order valence-electron chi connectivity index (χ0n) is 10.3. The largest absolute Gasteiger partial charge is 0.329 e. The van der Waals surface area contributed by atoms with Gasteiger partial charge in [0, 0.05) is 25.2 Å². The van der Waals surface area contributed by atoms with E-state index in [0.717, 1.165) is 32.0 Å².